The number of rotatable bonds is 5. The number of nitrogens with one attached hydrogen (secondary N) is 1. The normalized spacial score (nSPS) is 14.8. The van der Waals surface area contributed by atoms with Crippen molar-refractivity contribution in [3.63, 3.8) is 0 Å². The van der Waals surface area contributed by atoms with Crippen molar-refractivity contribution in [2.75, 3.05) is 0 Å². The van der Waals surface area contributed by atoms with E-state index in [1.54, 1.807) is 0 Å². The molecule has 1 aliphatic rings. The molecule has 1 saturated carbocycles. The van der Waals surface area contributed by atoms with Crippen LogP contribution < -0.4 is 0 Å². The third-order valence-electron chi connectivity index (χ3n) is 5.34. The molecule has 142 valence electrons. The van der Waals surface area contributed by atoms with Gasteiger partial charge in [0.15, 0.2) is 5.82 Å². The second-order valence-electron chi connectivity index (χ2n) is 7.35. The zero-order valence-electron chi connectivity index (χ0n) is 15.8. The van der Waals surface area contributed by atoms with Crippen LogP contribution in [-0.2, 0) is 6.54 Å². The molecule has 0 atom stereocenters. The summed E-state index contributed by atoms with van der Waals surface area (Å²) in [5.74, 6) is 2.73. The molecule has 28 heavy (non-hydrogen) atoms. The van der Waals surface area contributed by atoms with Crippen molar-refractivity contribution < 1.29 is 4.52 Å². The minimum atomic E-state index is 0.415. The number of H-pyrrole nitrogens is 1. The van der Waals surface area contributed by atoms with Gasteiger partial charge in [0.25, 0.3) is 0 Å². The number of aryl methyl sites for hydroxylation is 1. The van der Waals surface area contributed by atoms with E-state index >= 15 is 0 Å². The Hall–Kier alpha value is -3.22. The highest BCUT2D eigenvalue weighted by Crippen LogP contribution is 2.33. The highest BCUT2D eigenvalue weighted by molar-refractivity contribution is 5.76. The molecule has 0 saturated heterocycles. The first-order valence-electron chi connectivity index (χ1n) is 9.73. The summed E-state index contributed by atoms with van der Waals surface area (Å²) < 4.78 is 7.60. The largest absolute Gasteiger partial charge is 0.341 e. The van der Waals surface area contributed by atoms with Gasteiger partial charge < -0.3 is 14.1 Å². The summed E-state index contributed by atoms with van der Waals surface area (Å²) in [7, 11) is 0. The second kappa shape index (κ2) is 7.07. The zero-order chi connectivity index (χ0) is 18.9. The van der Waals surface area contributed by atoms with Crippen molar-refractivity contribution >= 4 is 0 Å². The predicted octanol–water partition coefficient (Wildman–Crippen LogP) is 4.34. The van der Waals surface area contributed by atoms with Gasteiger partial charge in [0, 0.05) is 11.5 Å². The van der Waals surface area contributed by atoms with E-state index in [9.17, 15) is 0 Å². The molecule has 0 unspecified atom stereocenters. The van der Waals surface area contributed by atoms with Crippen LogP contribution in [-0.4, -0.2) is 29.7 Å². The third kappa shape index (κ3) is 3.13. The Bertz CT molecular complexity index is 1070. The van der Waals surface area contributed by atoms with Gasteiger partial charge in [-0.2, -0.15) is 4.98 Å². The highest BCUT2D eigenvalue weighted by Gasteiger charge is 2.24. The van der Waals surface area contributed by atoms with Gasteiger partial charge in [-0.1, -0.05) is 48.3 Å². The summed E-state index contributed by atoms with van der Waals surface area (Å²) in [6, 6.07) is 10.2. The molecule has 7 heteroatoms. The Kier molecular flexibility index (Phi) is 4.27. The van der Waals surface area contributed by atoms with Crippen LogP contribution in [0.5, 0.6) is 0 Å². The summed E-state index contributed by atoms with van der Waals surface area (Å²) in [4.78, 5) is 17.0. The fourth-order valence-corrected chi connectivity index (χ4v) is 3.96. The molecule has 0 aliphatic heterocycles. The number of aromatic nitrogens is 6. The van der Waals surface area contributed by atoms with E-state index in [1.807, 2.05) is 37.6 Å². The van der Waals surface area contributed by atoms with Crippen LogP contribution in [0.25, 0.3) is 22.6 Å². The standard InChI is InChI=1S/C21H22N6O/c1-14-22-11-17(24-14)20-19(15-7-3-2-4-8-15)23-13-27(20)12-18-25-21(28-26-18)16-9-5-6-10-16/h2-4,7-8,11,13,16H,5-6,9-10,12H2,1H3,(H,22,24). The van der Waals surface area contributed by atoms with Crippen LogP contribution in [0.4, 0.5) is 0 Å². The van der Waals surface area contributed by atoms with Crippen LogP contribution in [0.3, 0.4) is 0 Å². The van der Waals surface area contributed by atoms with E-state index in [1.165, 1.54) is 12.8 Å². The van der Waals surface area contributed by atoms with Gasteiger partial charge in [0.2, 0.25) is 5.89 Å². The lowest BCUT2D eigenvalue weighted by Crippen LogP contribution is -2.03. The molecule has 1 aliphatic carbocycles. The first-order chi connectivity index (χ1) is 13.8. The molecule has 0 amide bonds. The van der Waals surface area contributed by atoms with E-state index in [0.29, 0.717) is 18.3 Å². The lowest BCUT2D eigenvalue weighted by atomic mass is 10.1. The summed E-state index contributed by atoms with van der Waals surface area (Å²) in [5, 5.41) is 4.22. The molecular weight excluding hydrogens is 352 g/mol. The highest BCUT2D eigenvalue weighted by atomic mass is 16.5. The van der Waals surface area contributed by atoms with E-state index in [4.69, 9.17) is 4.52 Å². The molecule has 0 spiro atoms. The fourth-order valence-electron chi connectivity index (χ4n) is 3.96. The summed E-state index contributed by atoms with van der Waals surface area (Å²) in [5.41, 5.74) is 3.86. The predicted molar refractivity (Wildman–Crippen MR) is 105 cm³/mol. The van der Waals surface area contributed by atoms with Gasteiger partial charge in [-0.3, -0.25) is 0 Å². The van der Waals surface area contributed by atoms with Crippen molar-refractivity contribution in [2.45, 2.75) is 45.1 Å². The van der Waals surface area contributed by atoms with Crippen molar-refractivity contribution in [1.82, 2.24) is 29.7 Å². The van der Waals surface area contributed by atoms with Crippen LogP contribution in [0, 0.1) is 6.92 Å². The first kappa shape index (κ1) is 16.9. The Balaban J connectivity index is 1.52. The number of aromatic amines is 1. The van der Waals surface area contributed by atoms with E-state index in [2.05, 4.69) is 41.8 Å². The minimum Gasteiger partial charge on any atom is -0.341 e. The van der Waals surface area contributed by atoms with Gasteiger partial charge in [-0.15, -0.1) is 0 Å². The van der Waals surface area contributed by atoms with Crippen LogP contribution in [0.1, 0.15) is 49.1 Å². The molecule has 3 heterocycles. The topological polar surface area (TPSA) is 85.4 Å². The second-order valence-corrected chi connectivity index (χ2v) is 7.35. The van der Waals surface area contributed by atoms with E-state index < -0.39 is 0 Å². The van der Waals surface area contributed by atoms with Gasteiger partial charge in [0.1, 0.15) is 5.82 Å². The van der Waals surface area contributed by atoms with Crippen molar-refractivity contribution in [3.8, 4) is 22.6 Å². The average Bonchev–Trinajstić information content (AvgIpc) is 3.50. The number of nitrogens with zero attached hydrogens (tertiary/aromatic N) is 5. The SMILES string of the molecule is Cc1ncc(-c2c(-c3ccccc3)ncn2Cc2noc(C3CCCC3)n2)[nH]1. The quantitative estimate of drug-likeness (QED) is 0.562. The zero-order valence-corrected chi connectivity index (χ0v) is 15.8. The number of imidazole rings is 2. The first-order valence-corrected chi connectivity index (χ1v) is 9.73. The monoisotopic (exact) mass is 374 g/mol. The molecule has 1 aromatic carbocycles. The summed E-state index contributed by atoms with van der Waals surface area (Å²) in [6.07, 6.45) is 8.45. The third-order valence-corrected chi connectivity index (χ3v) is 5.34. The maximum atomic E-state index is 5.55. The lowest BCUT2D eigenvalue weighted by Gasteiger charge is -2.07. The number of hydrogen-bond donors (Lipinski definition) is 1. The molecule has 3 aromatic heterocycles. The smallest absolute Gasteiger partial charge is 0.229 e. The maximum Gasteiger partial charge on any atom is 0.229 e. The molecule has 0 radical (unpaired) electrons. The van der Waals surface area contributed by atoms with E-state index in [-0.39, 0.29) is 0 Å². The molecule has 1 N–H and O–H groups in total. The van der Waals surface area contributed by atoms with Crippen LogP contribution in [0.2, 0.25) is 0 Å². The van der Waals surface area contributed by atoms with Crippen molar-refractivity contribution in [1.29, 1.82) is 0 Å². The molecular formula is C21H22N6O. The number of benzene rings is 1. The van der Waals surface area contributed by atoms with Crippen LogP contribution in [0.15, 0.2) is 47.4 Å². The number of hydrogen-bond acceptors (Lipinski definition) is 5. The van der Waals surface area contributed by atoms with Gasteiger partial charge in [-0.25, -0.2) is 9.97 Å². The van der Waals surface area contributed by atoms with Crippen molar-refractivity contribution in [2.24, 2.45) is 0 Å². The Morgan fingerprint density at radius 2 is 1.96 bits per heavy atom. The molecule has 4 aromatic rings. The molecule has 1 fully saturated rings. The van der Waals surface area contributed by atoms with E-state index in [0.717, 1.165) is 47.2 Å². The fraction of sp³-hybridized carbons (Fsp3) is 0.333. The Labute approximate surface area is 162 Å². The van der Waals surface area contributed by atoms with Crippen LogP contribution >= 0.6 is 0 Å². The van der Waals surface area contributed by atoms with Gasteiger partial charge in [0.05, 0.1) is 36.2 Å². The summed E-state index contributed by atoms with van der Waals surface area (Å²) >= 11 is 0. The summed E-state index contributed by atoms with van der Waals surface area (Å²) in [6.45, 7) is 2.45. The molecule has 7 nitrogen and oxygen atoms in total. The Morgan fingerprint density at radius 3 is 2.71 bits per heavy atom. The minimum absolute atomic E-state index is 0.415. The molecule has 5 rings (SSSR count). The van der Waals surface area contributed by atoms with Crippen molar-refractivity contribution in [3.05, 3.63) is 60.4 Å². The average molecular weight is 374 g/mol. The molecule has 0 bridgehead atoms. The Morgan fingerprint density at radius 1 is 1.14 bits per heavy atom. The lowest BCUT2D eigenvalue weighted by molar-refractivity contribution is 0.349. The maximum absolute atomic E-state index is 5.55. The van der Waals surface area contributed by atoms with Gasteiger partial charge in [-0.05, 0) is 19.8 Å². The van der Waals surface area contributed by atoms with Gasteiger partial charge >= 0.3 is 0 Å².